The van der Waals surface area contributed by atoms with Crippen molar-refractivity contribution in [2.45, 2.75) is 56.2 Å². The molecule has 1 fully saturated rings. The summed E-state index contributed by atoms with van der Waals surface area (Å²) < 4.78 is 49.6. The fourth-order valence-corrected chi connectivity index (χ4v) is 6.27. The van der Waals surface area contributed by atoms with Gasteiger partial charge in [0.1, 0.15) is 11.6 Å². The molecular formula is C24H28FN3O6S. The number of aromatic nitrogens is 2. The van der Waals surface area contributed by atoms with Crippen LogP contribution < -0.4 is 4.74 Å². The van der Waals surface area contributed by atoms with E-state index in [1.165, 1.54) is 39.3 Å². The van der Waals surface area contributed by atoms with Gasteiger partial charge >= 0.3 is 5.97 Å². The molecule has 0 radical (unpaired) electrons. The van der Waals surface area contributed by atoms with Crippen molar-refractivity contribution < 1.29 is 32.6 Å². The van der Waals surface area contributed by atoms with E-state index in [1.54, 1.807) is 12.1 Å². The number of carboxylic acids is 1. The molecule has 9 nitrogen and oxygen atoms in total. The largest absolute Gasteiger partial charge is 0.491 e. The average molecular weight is 506 g/mol. The van der Waals surface area contributed by atoms with Gasteiger partial charge in [0.15, 0.2) is 0 Å². The molecule has 1 unspecified atom stereocenters. The Morgan fingerprint density at radius 3 is 2.57 bits per heavy atom. The lowest BCUT2D eigenvalue weighted by molar-refractivity contribution is -0.136. The molecule has 35 heavy (non-hydrogen) atoms. The molecule has 188 valence electrons. The van der Waals surface area contributed by atoms with Crippen molar-refractivity contribution in [2.75, 3.05) is 13.2 Å². The zero-order chi connectivity index (χ0) is 25.3. The summed E-state index contributed by atoms with van der Waals surface area (Å²) in [5.41, 5.74) is 0.691. The summed E-state index contributed by atoms with van der Waals surface area (Å²) in [6, 6.07) is 9.22. The summed E-state index contributed by atoms with van der Waals surface area (Å²) in [6.45, 7) is 3.60. The number of ether oxygens (including phenoxy) is 1. The van der Waals surface area contributed by atoms with E-state index in [4.69, 9.17) is 4.74 Å². The molecule has 1 aliphatic heterocycles. The third-order valence-corrected chi connectivity index (χ3v) is 7.95. The number of aliphatic hydroxyl groups excluding tert-OH is 1. The number of hydrogen-bond donors (Lipinski definition) is 2. The second-order valence-corrected chi connectivity index (χ2v) is 10.8. The number of rotatable bonds is 9. The van der Waals surface area contributed by atoms with Crippen molar-refractivity contribution >= 4 is 26.9 Å². The van der Waals surface area contributed by atoms with Crippen molar-refractivity contribution in [3.05, 3.63) is 54.0 Å². The van der Waals surface area contributed by atoms with Crippen LogP contribution in [0.2, 0.25) is 0 Å². The maximum Gasteiger partial charge on any atom is 0.309 e. The lowest BCUT2D eigenvalue weighted by atomic mass is 10.1. The lowest BCUT2D eigenvalue weighted by Gasteiger charge is -2.23. The molecule has 0 amide bonds. The van der Waals surface area contributed by atoms with E-state index in [1.807, 2.05) is 13.8 Å². The molecule has 11 heteroatoms. The van der Waals surface area contributed by atoms with E-state index in [-0.39, 0.29) is 42.7 Å². The van der Waals surface area contributed by atoms with E-state index in [0.717, 1.165) is 0 Å². The second-order valence-electron chi connectivity index (χ2n) is 8.89. The van der Waals surface area contributed by atoms with Crippen LogP contribution in [0.3, 0.4) is 0 Å². The minimum Gasteiger partial charge on any atom is -0.491 e. The highest BCUT2D eigenvalue weighted by Crippen LogP contribution is 2.36. The van der Waals surface area contributed by atoms with Crippen molar-refractivity contribution in [1.82, 2.24) is 14.1 Å². The van der Waals surface area contributed by atoms with E-state index >= 15 is 0 Å². The summed E-state index contributed by atoms with van der Waals surface area (Å²) in [5.74, 6) is -1.01. The normalized spacial score (nSPS) is 19.0. The van der Waals surface area contributed by atoms with Gasteiger partial charge in [0.05, 0.1) is 34.7 Å². The Balaban J connectivity index is 1.69. The lowest BCUT2D eigenvalue weighted by Crippen LogP contribution is -2.36. The number of hydrogen-bond acceptors (Lipinski definition) is 6. The highest BCUT2D eigenvalue weighted by atomic mass is 32.2. The Morgan fingerprint density at radius 2 is 1.94 bits per heavy atom. The molecule has 0 aliphatic carbocycles. The minimum absolute atomic E-state index is 0.0505. The zero-order valence-electron chi connectivity index (χ0n) is 19.5. The molecule has 1 saturated heterocycles. The molecule has 2 N–H and O–H groups in total. The van der Waals surface area contributed by atoms with Crippen LogP contribution >= 0.6 is 0 Å². The first-order valence-corrected chi connectivity index (χ1v) is 12.8. The van der Waals surface area contributed by atoms with Crippen LogP contribution in [0.4, 0.5) is 4.39 Å². The van der Waals surface area contributed by atoms with Crippen LogP contribution in [0.1, 0.15) is 38.4 Å². The van der Waals surface area contributed by atoms with Crippen LogP contribution in [-0.4, -0.2) is 64.0 Å². The van der Waals surface area contributed by atoms with E-state index in [9.17, 15) is 27.8 Å². The fraction of sp³-hybridized carbons (Fsp3) is 0.417. The molecule has 0 saturated carbocycles. The average Bonchev–Trinajstić information content (AvgIpc) is 3.35. The molecule has 4 rings (SSSR count). The molecule has 0 spiro atoms. The molecule has 2 aromatic carbocycles. The second kappa shape index (κ2) is 9.92. The van der Waals surface area contributed by atoms with Crippen LogP contribution in [0.5, 0.6) is 5.75 Å². The predicted molar refractivity (Wildman–Crippen MR) is 126 cm³/mol. The standard InChI is InChI=1S/C24H28FN3O6S/c1-15(2)34-19-4-6-20(7-5-19)35(32,33)27-14-18(12-17(27)9-10-29)28-23-11-16(25)3-8-21(23)22(26-28)13-24(30)31/h3-8,11,15,17-18,29H,9-10,12-14H2,1-2H3,(H,30,31)/t17-,18?/m1/s1. The molecule has 2 heterocycles. The molecule has 1 aliphatic rings. The van der Waals surface area contributed by atoms with E-state index in [0.29, 0.717) is 23.1 Å². The van der Waals surface area contributed by atoms with Gasteiger partial charge in [-0.25, -0.2) is 12.8 Å². The molecular weight excluding hydrogens is 477 g/mol. The summed E-state index contributed by atoms with van der Waals surface area (Å²) in [5, 5.41) is 23.8. The maximum absolute atomic E-state index is 14.1. The first-order valence-electron chi connectivity index (χ1n) is 11.4. The number of carbonyl (C=O) groups is 1. The van der Waals surface area contributed by atoms with Crippen molar-refractivity contribution in [1.29, 1.82) is 0 Å². The number of sulfonamides is 1. The number of carboxylic acid groups (broad SMARTS) is 1. The smallest absolute Gasteiger partial charge is 0.309 e. The van der Waals surface area contributed by atoms with Crippen LogP contribution in [0, 0.1) is 5.82 Å². The van der Waals surface area contributed by atoms with Crippen LogP contribution in [0.25, 0.3) is 10.9 Å². The molecule has 1 aromatic heterocycles. The molecule has 3 aromatic rings. The van der Waals surface area contributed by atoms with Gasteiger partial charge in [0, 0.05) is 24.6 Å². The summed E-state index contributed by atoms with van der Waals surface area (Å²) in [4.78, 5) is 11.4. The van der Waals surface area contributed by atoms with Gasteiger partial charge < -0.3 is 14.9 Å². The first kappa shape index (κ1) is 25.1. The highest BCUT2D eigenvalue weighted by Gasteiger charge is 2.41. The summed E-state index contributed by atoms with van der Waals surface area (Å²) >= 11 is 0. The Morgan fingerprint density at radius 1 is 1.23 bits per heavy atom. The Bertz CT molecular complexity index is 1320. The summed E-state index contributed by atoms with van der Waals surface area (Å²) in [7, 11) is -3.91. The zero-order valence-corrected chi connectivity index (χ0v) is 20.3. The Kier molecular flexibility index (Phi) is 7.11. The minimum atomic E-state index is -3.91. The van der Waals surface area contributed by atoms with Crippen molar-refractivity contribution in [3.63, 3.8) is 0 Å². The van der Waals surface area contributed by atoms with Gasteiger partial charge in [-0.15, -0.1) is 0 Å². The maximum atomic E-state index is 14.1. The number of benzene rings is 2. The quantitative estimate of drug-likeness (QED) is 0.458. The van der Waals surface area contributed by atoms with Gasteiger partial charge in [-0.2, -0.15) is 9.40 Å². The van der Waals surface area contributed by atoms with Crippen molar-refractivity contribution in [3.8, 4) is 5.75 Å². The topological polar surface area (TPSA) is 122 Å². The van der Waals surface area contributed by atoms with Gasteiger partial charge in [0.25, 0.3) is 0 Å². The van der Waals surface area contributed by atoms with Gasteiger partial charge in [-0.1, -0.05) is 0 Å². The Labute approximate surface area is 202 Å². The number of aliphatic hydroxyl groups is 1. The van der Waals surface area contributed by atoms with E-state index in [2.05, 4.69) is 5.10 Å². The van der Waals surface area contributed by atoms with E-state index < -0.39 is 33.9 Å². The van der Waals surface area contributed by atoms with Crippen LogP contribution in [-0.2, 0) is 21.2 Å². The van der Waals surface area contributed by atoms with Gasteiger partial charge in [-0.05, 0) is 69.2 Å². The molecule has 0 bridgehead atoms. The van der Waals surface area contributed by atoms with Gasteiger partial charge in [0.2, 0.25) is 10.0 Å². The third kappa shape index (κ3) is 5.16. The number of nitrogens with zero attached hydrogens (tertiary/aromatic N) is 3. The number of aliphatic carboxylic acids is 1. The third-order valence-electron chi connectivity index (χ3n) is 6.02. The van der Waals surface area contributed by atoms with Crippen LogP contribution in [0.15, 0.2) is 47.4 Å². The predicted octanol–water partition coefficient (Wildman–Crippen LogP) is 2.98. The fourth-order valence-electron chi connectivity index (χ4n) is 4.57. The SMILES string of the molecule is CC(C)Oc1ccc(S(=O)(=O)N2CC(n3nc(CC(=O)O)c4ccc(F)cc43)C[C@H]2CCO)cc1. The number of halogens is 1. The monoisotopic (exact) mass is 505 g/mol. The highest BCUT2D eigenvalue weighted by molar-refractivity contribution is 7.89. The molecule has 2 atom stereocenters. The first-order chi connectivity index (χ1) is 16.6. The van der Waals surface area contributed by atoms with Crippen molar-refractivity contribution in [2.24, 2.45) is 0 Å². The number of fused-ring (bicyclic) bond motifs is 1. The van der Waals surface area contributed by atoms with Gasteiger partial charge in [-0.3, -0.25) is 9.48 Å². The summed E-state index contributed by atoms with van der Waals surface area (Å²) in [6.07, 6.45) is 0.174. The Hall–Kier alpha value is -3.02.